The summed E-state index contributed by atoms with van der Waals surface area (Å²) in [6.45, 7) is 3.06. The lowest BCUT2D eigenvalue weighted by Crippen LogP contribution is -2.41. The summed E-state index contributed by atoms with van der Waals surface area (Å²) in [4.78, 5) is 40.0. The Kier molecular flexibility index (Phi) is 4.73. The van der Waals surface area contributed by atoms with Gasteiger partial charge in [-0.3, -0.25) is 4.79 Å². The third-order valence-corrected chi connectivity index (χ3v) is 4.17. The molecule has 0 saturated carbocycles. The van der Waals surface area contributed by atoms with Gasteiger partial charge < -0.3 is 20.6 Å². The van der Waals surface area contributed by atoms with Gasteiger partial charge in [0.2, 0.25) is 5.91 Å². The van der Waals surface area contributed by atoms with Crippen molar-refractivity contribution in [1.82, 2.24) is 20.5 Å². The summed E-state index contributed by atoms with van der Waals surface area (Å²) < 4.78 is 0. The molecule has 3 N–H and O–H groups in total. The fraction of sp³-hybridized carbons (Fsp3) is 0.500. The number of carbonyl (C=O) groups excluding carboxylic acids is 2. The SMILES string of the molecule is Cc1nc(CNC(=O)N2CCNC(=O)CC2)sc1C(=O)O. The molecular weight excluding hydrogens is 296 g/mol. The van der Waals surface area contributed by atoms with Gasteiger partial charge in [0, 0.05) is 26.1 Å². The lowest BCUT2D eigenvalue weighted by molar-refractivity contribution is -0.120. The molecule has 9 heteroatoms. The topological polar surface area (TPSA) is 112 Å². The van der Waals surface area contributed by atoms with E-state index in [-0.39, 0.29) is 29.8 Å². The van der Waals surface area contributed by atoms with Crippen molar-refractivity contribution in [2.24, 2.45) is 0 Å². The lowest BCUT2D eigenvalue weighted by atomic mass is 10.4. The number of hydrogen-bond acceptors (Lipinski definition) is 5. The molecule has 8 nitrogen and oxygen atoms in total. The lowest BCUT2D eigenvalue weighted by Gasteiger charge is -2.19. The minimum absolute atomic E-state index is 0.0630. The number of nitrogens with zero attached hydrogens (tertiary/aromatic N) is 2. The van der Waals surface area contributed by atoms with E-state index in [2.05, 4.69) is 15.6 Å². The van der Waals surface area contributed by atoms with E-state index in [1.165, 1.54) is 0 Å². The second-order valence-corrected chi connectivity index (χ2v) is 5.66. The standard InChI is InChI=1S/C12H16N4O4S/c1-7-10(11(18)19)21-9(15-7)6-14-12(20)16-4-2-8(17)13-3-5-16/h2-6H2,1H3,(H,13,17)(H,14,20)(H,18,19). The van der Waals surface area contributed by atoms with E-state index in [0.29, 0.717) is 30.3 Å². The highest BCUT2D eigenvalue weighted by atomic mass is 32.1. The summed E-state index contributed by atoms with van der Waals surface area (Å²) in [6.07, 6.45) is 0.285. The van der Waals surface area contributed by atoms with Crippen molar-refractivity contribution in [3.63, 3.8) is 0 Å². The van der Waals surface area contributed by atoms with E-state index < -0.39 is 5.97 Å². The van der Waals surface area contributed by atoms with Crippen LogP contribution in [0.5, 0.6) is 0 Å². The number of nitrogens with one attached hydrogen (secondary N) is 2. The number of rotatable bonds is 3. The van der Waals surface area contributed by atoms with Crippen LogP contribution in [-0.4, -0.2) is 52.5 Å². The third kappa shape index (κ3) is 3.91. The number of thiazole rings is 1. The minimum Gasteiger partial charge on any atom is -0.477 e. The molecule has 3 amide bonds. The Morgan fingerprint density at radius 3 is 2.90 bits per heavy atom. The summed E-state index contributed by atoms with van der Waals surface area (Å²) in [5.74, 6) is -1.08. The summed E-state index contributed by atoms with van der Waals surface area (Å²) in [5.41, 5.74) is 0.446. The maximum atomic E-state index is 12.0. The van der Waals surface area contributed by atoms with Crippen molar-refractivity contribution >= 4 is 29.2 Å². The van der Waals surface area contributed by atoms with Crippen molar-refractivity contribution < 1.29 is 19.5 Å². The van der Waals surface area contributed by atoms with Crippen LogP contribution in [0.15, 0.2) is 0 Å². The number of carboxylic acid groups (broad SMARTS) is 1. The van der Waals surface area contributed by atoms with E-state index >= 15 is 0 Å². The van der Waals surface area contributed by atoms with Crippen LogP contribution in [-0.2, 0) is 11.3 Å². The highest BCUT2D eigenvalue weighted by Crippen LogP contribution is 2.17. The summed E-state index contributed by atoms with van der Waals surface area (Å²) in [5, 5.41) is 14.9. The average molecular weight is 312 g/mol. The molecule has 0 aliphatic carbocycles. The maximum absolute atomic E-state index is 12.0. The van der Waals surface area contributed by atoms with Crippen LogP contribution < -0.4 is 10.6 Å². The summed E-state index contributed by atoms with van der Waals surface area (Å²) in [6, 6.07) is -0.281. The van der Waals surface area contributed by atoms with Crippen LogP contribution in [0, 0.1) is 6.92 Å². The molecule has 21 heavy (non-hydrogen) atoms. The molecule has 0 unspecified atom stereocenters. The molecule has 0 aromatic carbocycles. The molecule has 1 aliphatic rings. The molecular formula is C12H16N4O4S. The smallest absolute Gasteiger partial charge is 0.347 e. The van der Waals surface area contributed by atoms with Gasteiger partial charge in [-0.15, -0.1) is 11.3 Å². The first-order chi connectivity index (χ1) is 9.97. The van der Waals surface area contributed by atoms with Gasteiger partial charge in [-0.05, 0) is 6.92 Å². The van der Waals surface area contributed by atoms with Crippen molar-refractivity contribution in [2.45, 2.75) is 19.9 Å². The van der Waals surface area contributed by atoms with Crippen LogP contribution in [0.25, 0.3) is 0 Å². The Bertz CT molecular complexity index is 572. The van der Waals surface area contributed by atoms with Crippen LogP contribution in [0.2, 0.25) is 0 Å². The van der Waals surface area contributed by atoms with Crippen molar-refractivity contribution in [3.8, 4) is 0 Å². The first-order valence-electron chi connectivity index (χ1n) is 6.46. The molecule has 114 valence electrons. The molecule has 1 aromatic rings. The van der Waals surface area contributed by atoms with E-state index in [9.17, 15) is 14.4 Å². The number of aromatic carboxylic acids is 1. The molecule has 0 atom stereocenters. The molecule has 1 aromatic heterocycles. The molecule has 1 fully saturated rings. The molecule has 1 saturated heterocycles. The van der Waals surface area contributed by atoms with Crippen molar-refractivity contribution in [2.75, 3.05) is 19.6 Å². The zero-order valence-corrected chi connectivity index (χ0v) is 12.3. The van der Waals surface area contributed by atoms with Gasteiger partial charge in [-0.25, -0.2) is 14.6 Å². The van der Waals surface area contributed by atoms with Gasteiger partial charge in [0.25, 0.3) is 0 Å². The van der Waals surface area contributed by atoms with Crippen molar-refractivity contribution in [3.05, 3.63) is 15.6 Å². The Morgan fingerprint density at radius 2 is 2.24 bits per heavy atom. The molecule has 0 spiro atoms. The summed E-state index contributed by atoms with van der Waals surface area (Å²) in [7, 11) is 0. The molecule has 0 radical (unpaired) electrons. The van der Waals surface area contributed by atoms with Crippen LogP contribution in [0.3, 0.4) is 0 Å². The highest BCUT2D eigenvalue weighted by molar-refractivity contribution is 7.13. The summed E-state index contributed by atoms with van der Waals surface area (Å²) >= 11 is 1.05. The number of carboxylic acids is 1. The highest BCUT2D eigenvalue weighted by Gasteiger charge is 2.19. The van der Waals surface area contributed by atoms with Gasteiger partial charge in [0.05, 0.1) is 12.2 Å². The van der Waals surface area contributed by atoms with E-state index in [1.54, 1.807) is 11.8 Å². The Balaban J connectivity index is 1.90. The zero-order chi connectivity index (χ0) is 15.4. The Labute approximate surface area is 125 Å². The third-order valence-electron chi connectivity index (χ3n) is 3.03. The Morgan fingerprint density at radius 1 is 1.48 bits per heavy atom. The van der Waals surface area contributed by atoms with E-state index in [1.807, 2.05) is 0 Å². The first-order valence-corrected chi connectivity index (χ1v) is 7.28. The monoisotopic (exact) mass is 312 g/mol. The number of urea groups is 1. The van der Waals surface area contributed by atoms with Gasteiger partial charge >= 0.3 is 12.0 Å². The molecule has 0 bridgehead atoms. The van der Waals surface area contributed by atoms with Gasteiger partial charge in [0.15, 0.2) is 0 Å². The van der Waals surface area contributed by atoms with Gasteiger partial charge in [-0.1, -0.05) is 0 Å². The fourth-order valence-corrected chi connectivity index (χ4v) is 2.80. The first kappa shape index (κ1) is 15.2. The molecule has 1 aliphatic heterocycles. The molecule has 2 heterocycles. The fourth-order valence-electron chi connectivity index (χ4n) is 1.96. The second-order valence-electron chi connectivity index (χ2n) is 4.57. The predicted octanol–water partition coefficient (Wildman–Crippen LogP) is 0.181. The minimum atomic E-state index is -1.01. The van der Waals surface area contributed by atoms with Crippen LogP contribution in [0.1, 0.15) is 26.8 Å². The average Bonchev–Trinajstić information content (AvgIpc) is 2.66. The zero-order valence-electron chi connectivity index (χ0n) is 11.5. The predicted molar refractivity (Wildman–Crippen MR) is 75.2 cm³/mol. The van der Waals surface area contributed by atoms with Crippen molar-refractivity contribution in [1.29, 1.82) is 0 Å². The number of amides is 3. The van der Waals surface area contributed by atoms with Gasteiger partial charge in [-0.2, -0.15) is 0 Å². The number of hydrogen-bond donors (Lipinski definition) is 3. The van der Waals surface area contributed by atoms with E-state index in [0.717, 1.165) is 11.3 Å². The van der Waals surface area contributed by atoms with Crippen LogP contribution in [0.4, 0.5) is 4.79 Å². The number of aromatic nitrogens is 1. The van der Waals surface area contributed by atoms with Crippen LogP contribution >= 0.6 is 11.3 Å². The maximum Gasteiger partial charge on any atom is 0.347 e. The number of carbonyl (C=O) groups is 3. The normalized spacial score (nSPS) is 15.3. The van der Waals surface area contributed by atoms with Gasteiger partial charge in [0.1, 0.15) is 9.88 Å². The Hall–Kier alpha value is -2.16. The largest absolute Gasteiger partial charge is 0.477 e. The quantitative estimate of drug-likeness (QED) is 0.737. The number of aryl methyl sites for hydroxylation is 1. The van der Waals surface area contributed by atoms with E-state index in [4.69, 9.17) is 5.11 Å². The second kappa shape index (κ2) is 6.53. The molecule has 2 rings (SSSR count).